The van der Waals surface area contributed by atoms with Gasteiger partial charge in [-0.1, -0.05) is 44.9 Å². The van der Waals surface area contributed by atoms with Crippen molar-refractivity contribution in [2.75, 3.05) is 26.1 Å². The SMILES string of the molecule is COc1cccc(N[C@H]2CCCCC/C=C\[C@H]3C[C@@]3(C(=O)NS(=O)(=O)C3(C)CC3)NC(=O)[C@@H]3C[C@@H](Oc4cc(-c5nc(C(C)C)cs5)nc5c(C)c(OC)ccc45)CN3C2=O)c1. The number of ether oxygens (including phenoxy) is 3. The number of thiazole rings is 1. The number of benzene rings is 2. The van der Waals surface area contributed by atoms with Gasteiger partial charge in [0.25, 0.3) is 5.91 Å². The van der Waals surface area contributed by atoms with Crippen molar-refractivity contribution < 1.29 is 37.0 Å². The van der Waals surface area contributed by atoms with Crippen molar-refractivity contribution in [2.45, 2.75) is 120 Å². The fourth-order valence-electron chi connectivity index (χ4n) is 8.52. The predicted octanol–water partition coefficient (Wildman–Crippen LogP) is 7.03. The lowest BCUT2D eigenvalue weighted by Gasteiger charge is -2.30. The Hall–Kier alpha value is -5.22. The summed E-state index contributed by atoms with van der Waals surface area (Å²) >= 11 is 1.50. The molecule has 3 fully saturated rings. The number of sulfonamides is 1. The van der Waals surface area contributed by atoms with Crippen molar-refractivity contribution in [3.05, 3.63) is 71.3 Å². The molecule has 16 heteroatoms. The number of methoxy groups -OCH3 is 2. The van der Waals surface area contributed by atoms with Crippen LogP contribution in [0, 0.1) is 12.8 Å². The standard InChI is InChI=1S/C46H56N6O8S2/c1-27(2)36-26-61-42(49-36)35-23-39(33-17-18-38(59-6)28(3)40(33)48-35)60-32-22-37-41(53)50-46(44(55)51-62(56,57)45(4)19-20-45)24-29(46)13-10-8-7-9-11-16-34(43(54)52(37)25-32)47-30-14-12-15-31(21-30)58-5/h10,12-15,17-18,21,23,26-27,29,32,34,37,47H,7-9,11,16,19-20,22,24-25H2,1-6H3,(H,50,53)(H,51,55)/b13-10-/t29-,32+,34-,37-,46+/m0/s1. The molecule has 0 bridgehead atoms. The van der Waals surface area contributed by atoms with Crippen LogP contribution in [0.5, 0.6) is 17.2 Å². The Morgan fingerprint density at radius 1 is 1.03 bits per heavy atom. The van der Waals surface area contributed by atoms with Gasteiger partial charge in [0.05, 0.1) is 36.7 Å². The fraction of sp³-hybridized carbons (Fsp3) is 0.500. The van der Waals surface area contributed by atoms with E-state index < -0.39 is 56.2 Å². The van der Waals surface area contributed by atoms with Crippen molar-refractivity contribution in [3.8, 4) is 28.0 Å². The summed E-state index contributed by atoms with van der Waals surface area (Å²) in [6.07, 6.45) is 8.24. The molecular weight excluding hydrogens is 829 g/mol. The minimum Gasteiger partial charge on any atom is -0.497 e. The minimum atomic E-state index is -3.99. The van der Waals surface area contributed by atoms with Crippen LogP contribution < -0.4 is 29.6 Å². The average Bonchev–Trinajstić information content (AvgIpc) is 4.02. The molecule has 2 saturated carbocycles. The van der Waals surface area contributed by atoms with Gasteiger partial charge in [-0.05, 0) is 82.6 Å². The summed E-state index contributed by atoms with van der Waals surface area (Å²) in [6.45, 7) is 7.81. The second-order valence-corrected chi connectivity index (χ2v) is 20.7. The molecular formula is C46H56N6O8S2. The van der Waals surface area contributed by atoms with Crippen molar-refractivity contribution >= 4 is 55.7 Å². The number of anilines is 1. The van der Waals surface area contributed by atoms with E-state index in [9.17, 15) is 22.8 Å². The van der Waals surface area contributed by atoms with E-state index in [-0.39, 0.29) is 31.2 Å². The monoisotopic (exact) mass is 884 g/mol. The quantitative estimate of drug-likeness (QED) is 0.132. The number of rotatable bonds is 11. The second-order valence-electron chi connectivity index (χ2n) is 17.7. The zero-order valence-electron chi connectivity index (χ0n) is 36.2. The largest absolute Gasteiger partial charge is 0.497 e. The number of fused-ring (bicyclic) bond motifs is 3. The van der Waals surface area contributed by atoms with E-state index in [1.54, 1.807) is 26.0 Å². The van der Waals surface area contributed by atoms with Crippen LogP contribution >= 0.6 is 11.3 Å². The molecule has 3 amide bonds. The van der Waals surface area contributed by atoms with Crippen LogP contribution in [0.25, 0.3) is 21.6 Å². The number of allylic oxidation sites excluding steroid dienone is 1. The zero-order valence-corrected chi connectivity index (χ0v) is 37.8. The average molecular weight is 885 g/mol. The normalized spacial score (nSPS) is 25.4. The van der Waals surface area contributed by atoms with Gasteiger partial charge in [-0.3, -0.25) is 19.1 Å². The molecule has 62 heavy (non-hydrogen) atoms. The highest BCUT2D eigenvalue weighted by molar-refractivity contribution is 7.91. The van der Waals surface area contributed by atoms with Gasteiger partial charge in [0.1, 0.15) is 51.7 Å². The number of carbonyl (C=O) groups excluding carboxylic acids is 3. The number of nitrogens with one attached hydrogen (secondary N) is 3. The van der Waals surface area contributed by atoms with Crippen LogP contribution in [0.2, 0.25) is 0 Å². The third-order valence-electron chi connectivity index (χ3n) is 12.9. The first-order valence-corrected chi connectivity index (χ1v) is 23.9. The molecule has 0 radical (unpaired) electrons. The van der Waals surface area contributed by atoms with Crippen molar-refractivity contribution in [2.24, 2.45) is 5.92 Å². The first-order chi connectivity index (χ1) is 29.6. The smallest absolute Gasteiger partial charge is 0.259 e. The van der Waals surface area contributed by atoms with Gasteiger partial charge in [0.15, 0.2) is 0 Å². The highest BCUT2D eigenvalue weighted by Gasteiger charge is 2.63. The number of aromatic nitrogens is 2. The van der Waals surface area contributed by atoms with Crippen molar-refractivity contribution in [3.63, 3.8) is 0 Å². The summed E-state index contributed by atoms with van der Waals surface area (Å²) in [5.41, 5.74) is 2.29. The molecule has 8 rings (SSSR count). The molecule has 1 saturated heterocycles. The molecule has 2 aromatic heterocycles. The van der Waals surface area contributed by atoms with Crippen LogP contribution in [0.15, 0.2) is 60.0 Å². The lowest BCUT2D eigenvalue weighted by molar-refractivity contribution is -0.140. The number of aryl methyl sites for hydroxylation is 1. The molecule has 4 aliphatic rings. The maximum absolute atomic E-state index is 15.0. The number of hydrogen-bond acceptors (Lipinski definition) is 12. The Morgan fingerprint density at radius 3 is 2.56 bits per heavy atom. The van der Waals surface area contributed by atoms with Crippen molar-refractivity contribution in [1.29, 1.82) is 0 Å². The van der Waals surface area contributed by atoms with Gasteiger partial charge >= 0.3 is 0 Å². The molecule has 2 aliphatic heterocycles. The van der Waals surface area contributed by atoms with E-state index in [4.69, 9.17) is 24.2 Å². The molecule has 3 N–H and O–H groups in total. The summed E-state index contributed by atoms with van der Waals surface area (Å²) < 4.78 is 46.0. The van der Waals surface area contributed by atoms with Crippen LogP contribution in [-0.4, -0.2) is 90.2 Å². The zero-order chi connectivity index (χ0) is 44.0. The lowest BCUT2D eigenvalue weighted by atomic mass is 10.0. The van der Waals surface area contributed by atoms with Crippen LogP contribution in [0.3, 0.4) is 0 Å². The second kappa shape index (κ2) is 17.2. The van der Waals surface area contributed by atoms with Gasteiger partial charge in [0, 0.05) is 46.5 Å². The molecule has 0 unspecified atom stereocenters. The van der Waals surface area contributed by atoms with Gasteiger partial charge < -0.3 is 29.7 Å². The summed E-state index contributed by atoms with van der Waals surface area (Å²) in [4.78, 5) is 55.3. The van der Waals surface area contributed by atoms with Crippen molar-refractivity contribution in [1.82, 2.24) is 24.9 Å². The first-order valence-electron chi connectivity index (χ1n) is 21.5. The topological polar surface area (TPSA) is 178 Å². The van der Waals surface area contributed by atoms with E-state index in [2.05, 4.69) is 29.2 Å². The molecule has 5 atom stereocenters. The third kappa shape index (κ3) is 8.59. The molecule has 330 valence electrons. The highest BCUT2D eigenvalue weighted by atomic mass is 32.2. The number of amides is 3. The van der Waals surface area contributed by atoms with E-state index in [1.165, 1.54) is 11.3 Å². The molecule has 14 nitrogen and oxygen atoms in total. The fourth-order valence-corrected chi connectivity index (χ4v) is 10.8. The number of hydrogen-bond donors (Lipinski definition) is 3. The number of carbonyl (C=O) groups is 3. The third-order valence-corrected chi connectivity index (χ3v) is 15.9. The van der Waals surface area contributed by atoms with Crippen LogP contribution in [0.4, 0.5) is 5.69 Å². The molecule has 2 aromatic carbocycles. The van der Waals surface area contributed by atoms with Gasteiger partial charge in [0.2, 0.25) is 21.8 Å². The Kier molecular flexibility index (Phi) is 12.0. The van der Waals surface area contributed by atoms with Gasteiger partial charge in [-0.25, -0.2) is 18.4 Å². The maximum atomic E-state index is 15.0. The summed E-state index contributed by atoms with van der Waals surface area (Å²) in [6, 6.07) is 11.3. The maximum Gasteiger partial charge on any atom is 0.259 e. The number of nitrogens with zero attached hydrogens (tertiary/aromatic N) is 3. The molecule has 4 aromatic rings. The van der Waals surface area contributed by atoms with E-state index in [0.717, 1.165) is 47.3 Å². The summed E-state index contributed by atoms with van der Waals surface area (Å²) in [7, 11) is -0.788. The number of pyridine rings is 1. The van der Waals surface area contributed by atoms with Crippen LogP contribution in [-0.2, 0) is 24.4 Å². The molecule has 4 heterocycles. The Balaban J connectivity index is 1.16. The lowest BCUT2D eigenvalue weighted by Crippen LogP contribution is -2.58. The summed E-state index contributed by atoms with van der Waals surface area (Å²) in [5.74, 6) is 0.0399. The van der Waals surface area contributed by atoms with E-state index in [0.29, 0.717) is 53.4 Å². The van der Waals surface area contributed by atoms with Gasteiger partial charge in [-0.2, -0.15) is 0 Å². The first kappa shape index (κ1) is 43.4. The van der Waals surface area contributed by atoms with Gasteiger partial charge in [-0.15, -0.1) is 11.3 Å². The predicted molar refractivity (Wildman–Crippen MR) is 239 cm³/mol. The Morgan fingerprint density at radius 2 is 1.84 bits per heavy atom. The molecule has 2 aliphatic carbocycles. The summed E-state index contributed by atoms with van der Waals surface area (Å²) in [5, 5.41) is 9.93. The Labute approximate surface area is 367 Å². The Bertz CT molecular complexity index is 2520. The van der Waals surface area contributed by atoms with E-state index in [1.807, 2.05) is 66.9 Å². The highest BCUT2D eigenvalue weighted by Crippen LogP contribution is 2.48. The van der Waals surface area contributed by atoms with Crippen LogP contribution in [0.1, 0.15) is 95.7 Å². The van der Waals surface area contributed by atoms with E-state index >= 15 is 0 Å². The minimum absolute atomic E-state index is 0.0749. The molecule has 0 spiro atoms.